The molecule has 0 saturated heterocycles. The first-order chi connectivity index (χ1) is 7.77. The molecule has 0 amide bonds. The van der Waals surface area contributed by atoms with Crippen molar-refractivity contribution in [1.82, 2.24) is 4.98 Å². The van der Waals surface area contributed by atoms with E-state index in [1.54, 1.807) is 30.6 Å². The van der Waals surface area contributed by atoms with E-state index in [4.69, 9.17) is 11.6 Å². The summed E-state index contributed by atoms with van der Waals surface area (Å²) in [7, 11) is 0. The molecule has 3 heteroatoms. The molecule has 0 spiro atoms. The molecule has 0 saturated carbocycles. The fourth-order valence-corrected chi connectivity index (χ4v) is 1.32. The van der Waals surface area contributed by atoms with E-state index >= 15 is 0 Å². The van der Waals surface area contributed by atoms with Crippen LogP contribution in [0.3, 0.4) is 0 Å². The Morgan fingerprint density at radius 2 is 2.12 bits per heavy atom. The third kappa shape index (κ3) is 3.83. The number of allylic oxidation sites excluding steroid dienone is 5. The topological polar surface area (TPSA) is 25.2 Å². The van der Waals surface area contributed by atoms with E-state index in [0.717, 1.165) is 11.3 Å². The Bertz CT molecular complexity index is 431. The maximum Gasteiger partial charge on any atom is 0.136 e. The van der Waals surface area contributed by atoms with Crippen molar-refractivity contribution in [1.29, 1.82) is 0 Å². The quantitative estimate of drug-likeness (QED) is 0.568. The van der Waals surface area contributed by atoms with Gasteiger partial charge in [-0.15, -0.1) is 0 Å². The van der Waals surface area contributed by atoms with Gasteiger partial charge in [0.15, 0.2) is 0 Å². The van der Waals surface area contributed by atoms with Gasteiger partial charge in [-0.1, -0.05) is 42.5 Å². The summed E-state index contributed by atoms with van der Waals surface area (Å²) >= 11 is 6.10. The van der Waals surface area contributed by atoms with Crippen LogP contribution in [0.15, 0.2) is 66.0 Å². The first kappa shape index (κ1) is 12.4. The average molecular weight is 233 g/mol. The first-order valence-electron chi connectivity index (χ1n) is 4.88. The van der Waals surface area contributed by atoms with Crippen molar-refractivity contribution >= 4 is 22.5 Å². The van der Waals surface area contributed by atoms with Gasteiger partial charge in [0.2, 0.25) is 0 Å². The van der Waals surface area contributed by atoms with Gasteiger partial charge in [0.1, 0.15) is 5.17 Å². The molecule has 1 aromatic heterocycles. The molecule has 0 N–H and O–H groups in total. The molecule has 1 rings (SSSR count). The van der Waals surface area contributed by atoms with Gasteiger partial charge in [-0.2, -0.15) is 0 Å². The zero-order chi connectivity index (χ0) is 11.8. The number of halogens is 1. The summed E-state index contributed by atoms with van der Waals surface area (Å²) < 4.78 is 0. The van der Waals surface area contributed by atoms with Gasteiger partial charge in [0.25, 0.3) is 0 Å². The number of hydrogen-bond donors (Lipinski definition) is 0. The van der Waals surface area contributed by atoms with Crippen molar-refractivity contribution in [2.45, 2.75) is 6.92 Å². The van der Waals surface area contributed by atoms with Crippen molar-refractivity contribution in [3.63, 3.8) is 0 Å². The van der Waals surface area contributed by atoms with Gasteiger partial charge < -0.3 is 0 Å². The van der Waals surface area contributed by atoms with Crippen molar-refractivity contribution in [3.8, 4) is 0 Å². The van der Waals surface area contributed by atoms with Crippen LogP contribution in [-0.4, -0.2) is 10.2 Å². The Kier molecular flexibility index (Phi) is 5.23. The molecule has 82 valence electrons. The van der Waals surface area contributed by atoms with Crippen molar-refractivity contribution in [3.05, 3.63) is 61.0 Å². The molecule has 0 aliphatic carbocycles. The fourth-order valence-electron chi connectivity index (χ4n) is 1.10. The highest BCUT2D eigenvalue weighted by Crippen LogP contribution is 2.14. The minimum Gasteiger partial charge on any atom is -0.265 e. The van der Waals surface area contributed by atoms with Gasteiger partial charge in [0, 0.05) is 18.0 Å². The van der Waals surface area contributed by atoms with Crippen molar-refractivity contribution in [2.24, 2.45) is 4.99 Å². The molecule has 1 aromatic rings. The number of pyridine rings is 1. The zero-order valence-electron chi connectivity index (χ0n) is 9.10. The summed E-state index contributed by atoms with van der Waals surface area (Å²) in [6.07, 6.45) is 10.6. The smallest absolute Gasteiger partial charge is 0.136 e. The molecular weight excluding hydrogens is 220 g/mol. The van der Waals surface area contributed by atoms with Crippen LogP contribution in [0.5, 0.6) is 0 Å². The van der Waals surface area contributed by atoms with Crippen LogP contribution >= 0.6 is 11.6 Å². The summed E-state index contributed by atoms with van der Waals surface area (Å²) in [4.78, 5) is 8.18. The Balaban J connectivity index is 2.99. The lowest BCUT2D eigenvalue weighted by Crippen LogP contribution is -1.90. The fraction of sp³-hybridized carbons (Fsp3) is 0.0769. The average Bonchev–Trinajstić information content (AvgIpc) is 2.30. The summed E-state index contributed by atoms with van der Waals surface area (Å²) in [5.41, 5.74) is 1.61. The van der Waals surface area contributed by atoms with E-state index in [0.29, 0.717) is 5.17 Å². The minimum absolute atomic E-state index is 0.434. The lowest BCUT2D eigenvalue weighted by molar-refractivity contribution is 1.31. The number of rotatable bonds is 4. The maximum atomic E-state index is 6.10. The minimum atomic E-state index is 0.434. The molecule has 1 heterocycles. The van der Waals surface area contributed by atoms with Crippen LogP contribution in [0.4, 0.5) is 5.69 Å². The van der Waals surface area contributed by atoms with Gasteiger partial charge >= 0.3 is 0 Å². The summed E-state index contributed by atoms with van der Waals surface area (Å²) in [5.74, 6) is 0. The SMILES string of the molecule is C=C/C=C(\C=C/C)C(Cl)=Nc1ccncc1. The molecule has 0 aliphatic rings. The van der Waals surface area contributed by atoms with E-state index in [9.17, 15) is 0 Å². The molecule has 0 fully saturated rings. The van der Waals surface area contributed by atoms with Crippen LogP contribution < -0.4 is 0 Å². The Labute approximate surface area is 101 Å². The Hall–Kier alpha value is -1.67. The lowest BCUT2D eigenvalue weighted by Gasteiger charge is -1.98. The second-order valence-electron chi connectivity index (χ2n) is 2.97. The molecule has 2 nitrogen and oxygen atoms in total. The zero-order valence-corrected chi connectivity index (χ0v) is 9.85. The van der Waals surface area contributed by atoms with Crippen LogP contribution in [-0.2, 0) is 0 Å². The van der Waals surface area contributed by atoms with E-state index < -0.39 is 0 Å². The van der Waals surface area contributed by atoms with Crippen LogP contribution in [0, 0.1) is 0 Å². The molecule has 16 heavy (non-hydrogen) atoms. The van der Waals surface area contributed by atoms with Gasteiger partial charge in [0.05, 0.1) is 5.69 Å². The van der Waals surface area contributed by atoms with E-state index in [-0.39, 0.29) is 0 Å². The van der Waals surface area contributed by atoms with E-state index in [1.807, 2.05) is 25.2 Å². The number of nitrogens with zero attached hydrogens (tertiary/aromatic N) is 2. The normalized spacial score (nSPS) is 13.1. The van der Waals surface area contributed by atoms with Crippen LogP contribution in [0.1, 0.15) is 6.92 Å². The Morgan fingerprint density at radius 3 is 2.69 bits per heavy atom. The second-order valence-corrected chi connectivity index (χ2v) is 3.32. The number of hydrogen-bond acceptors (Lipinski definition) is 2. The largest absolute Gasteiger partial charge is 0.265 e. The molecule has 0 aliphatic heterocycles. The van der Waals surface area contributed by atoms with Gasteiger partial charge in [-0.05, 0) is 19.1 Å². The highest BCUT2D eigenvalue weighted by atomic mass is 35.5. The lowest BCUT2D eigenvalue weighted by atomic mass is 10.2. The van der Waals surface area contributed by atoms with Gasteiger partial charge in [-0.25, -0.2) is 4.99 Å². The monoisotopic (exact) mass is 232 g/mol. The predicted octanol–water partition coefficient (Wildman–Crippen LogP) is 4.04. The summed E-state index contributed by atoms with van der Waals surface area (Å²) in [6.45, 7) is 5.56. The third-order valence-corrected chi connectivity index (χ3v) is 2.07. The number of aliphatic imine (C=N–C) groups is 1. The first-order valence-corrected chi connectivity index (χ1v) is 5.25. The molecule has 0 bridgehead atoms. The van der Waals surface area contributed by atoms with Crippen LogP contribution in [0.25, 0.3) is 0 Å². The highest BCUT2D eigenvalue weighted by Gasteiger charge is 1.99. The third-order valence-electron chi connectivity index (χ3n) is 1.77. The molecular formula is C13H13ClN2. The van der Waals surface area contributed by atoms with Crippen LogP contribution in [0.2, 0.25) is 0 Å². The van der Waals surface area contributed by atoms with Gasteiger partial charge in [-0.3, -0.25) is 4.98 Å². The number of aromatic nitrogens is 1. The molecule has 0 unspecified atom stereocenters. The molecule has 0 aromatic carbocycles. The second kappa shape index (κ2) is 6.75. The Morgan fingerprint density at radius 1 is 1.44 bits per heavy atom. The summed E-state index contributed by atoms with van der Waals surface area (Å²) in [6, 6.07) is 3.59. The summed E-state index contributed by atoms with van der Waals surface area (Å²) in [5, 5.41) is 0.434. The molecule has 0 radical (unpaired) electrons. The maximum absolute atomic E-state index is 6.10. The standard InChI is InChI=1S/C13H13ClN2/c1-3-5-11(6-4-2)13(14)16-12-7-9-15-10-8-12/h3-10H,1H2,2H3/b6-4-,11-5+,16-13?. The van der Waals surface area contributed by atoms with E-state index in [1.165, 1.54) is 0 Å². The van der Waals surface area contributed by atoms with Crippen molar-refractivity contribution in [2.75, 3.05) is 0 Å². The predicted molar refractivity (Wildman–Crippen MR) is 70.3 cm³/mol. The highest BCUT2D eigenvalue weighted by molar-refractivity contribution is 6.70. The molecule has 0 atom stereocenters. The van der Waals surface area contributed by atoms with E-state index in [2.05, 4.69) is 16.6 Å². The van der Waals surface area contributed by atoms with Crippen molar-refractivity contribution < 1.29 is 0 Å².